The number of hydrazone groups is 1. The number of rotatable bonds is 9. The number of amides is 3. The number of para-hydroxylation sites is 1. The fourth-order valence-electron chi connectivity index (χ4n) is 2.19. The molecule has 0 saturated carbocycles. The summed E-state index contributed by atoms with van der Waals surface area (Å²) >= 11 is 0. The number of ether oxygens (including phenoxy) is 2. The van der Waals surface area contributed by atoms with E-state index in [0.29, 0.717) is 22.7 Å². The first-order chi connectivity index (χ1) is 14.5. The van der Waals surface area contributed by atoms with Gasteiger partial charge in [0, 0.05) is 17.8 Å². The molecule has 3 amide bonds. The predicted molar refractivity (Wildman–Crippen MR) is 113 cm³/mol. The number of nitrogens with one attached hydrogen (secondary N) is 3. The molecule has 3 N–H and O–H groups in total. The van der Waals surface area contributed by atoms with Gasteiger partial charge < -0.3 is 20.1 Å². The highest BCUT2D eigenvalue weighted by atomic mass is 16.5. The number of hydrogen-bond donors (Lipinski definition) is 3. The normalized spacial score (nSPS) is 10.2. The van der Waals surface area contributed by atoms with Crippen molar-refractivity contribution in [3.63, 3.8) is 0 Å². The quantitative estimate of drug-likeness (QED) is 0.250. The molecule has 9 heteroatoms. The molecule has 0 aromatic heterocycles. The van der Waals surface area contributed by atoms with E-state index in [4.69, 9.17) is 9.47 Å². The van der Waals surface area contributed by atoms with Gasteiger partial charge in [0.1, 0.15) is 11.5 Å². The zero-order valence-electron chi connectivity index (χ0n) is 16.4. The third-order valence-electron chi connectivity index (χ3n) is 3.63. The fraction of sp³-hybridized carbons (Fsp3) is 0.143. The first-order valence-electron chi connectivity index (χ1n) is 8.91. The lowest BCUT2D eigenvalue weighted by atomic mass is 10.2. The van der Waals surface area contributed by atoms with Crippen LogP contribution in [0.4, 0.5) is 5.69 Å². The maximum Gasteiger partial charge on any atom is 0.329 e. The Balaban J connectivity index is 1.89. The molecule has 0 fully saturated rings. The minimum absolute atomic E-state index is 0.172. The summed E-state index contributed by atoms with van der Waals surface area (Å²) in [5.41, 5.74) is 3.24. The summed E-state index contributed by atoms with van der Waals surface area (Å²) in [5, 5.41) is 8.78. The molecule has 0 heterocycles. The summed E-state index contributed by atoms with van der Waals surface area (Å²) in [7, 11) is 1.56. The third-order valence-corrected chi connectivity index (χ3v) is 3.63. The van der Waals surface area contributed by atoms with Gasteiger partial charge in [-0.2, -0.15) is 5.10 Å². The van der Waals surface area contributed by atoms with Crippen LogP contribution in [0.1, 0.15) is 5.56 Å². The molecule has 2 aromatic rings. The molecule has 0 aliphatic carbocycles. The van der Waals surface area contributed by atoms with Gasteiger partial charge in [-0.3, -0.25) is 14.4 Å². The Morgan fingerprint density at radius 2 is 1.80 bits per heavy atom. The molecule has 2 aromatic carbocycles. The average Bonchev–Trinajstić information content (AvgIpc) is 2.77. The molecular formula is C21H22N4O5. The van der Waals surface area contributed by atoms with Crippen molar-refractivity contribution in [2.24, 2.45) is 5.10 Å². The zero-order valence-corrected chi connectivity index (χ0v) is 16.4. The highest BCUT2D eigenvalue weighted by Gasteiger charge is 2.11. The van der Waals surface area contributed by atoms with Crippen LogP contribution in [-0.4, -0.2) is 44.2 Å². The molecule has 0 bridgehead atoms. The average molecular weight is 410 g/mol. The molecule has 9 nitrogen and oxygen atoms in total. The molecule has 2 rings (SSSR count). The second-order valence-corrected chi connectivity index (χ2v) is 5.80. The van der Waals surface area contributed by atoms with Crippen molar-refractivity contribution < 1.29 is 23.9 Å². The van der Waals surface area contributed by atoms with Crippen molar-refractivity contribution in [1.29, 1.82) is 0 Å². The van der Waals surface area contributed by atoms with E-state index in [0.717, 1.165) is 0 Å². The largest absolute Gasteiger partial charge is 0.497 e. The Hall–Kier alpha value is -4.14. The molecule has 0 unspecified atom stereocenters. The number of nitrogens with zero attached hydrogens (tertiary/aromatic N) is 1. The lowest BCUT2D eigenvalue weighted by Crippen LogP contribution is -2.37. The Kier molecular flexibility index (Phi) is 8.60. The SMILES string of the molecule is C=CCNC(=O)C(=O)N/N=C\c1ccccc1OCC(=O)Nc1ccc(OC)cc1. The molecular weight excluding hydrogens is 388 g/mol. The predicted octanol–water partition coefficient (Wildman–Crippen LogP) is 1.46. The van der Waals surface area contributed by atoms with E-state index < -0.39 is 11.8 Å². The number of carbonyl (C=O) groups excluding carboxylic acids is 3. The minimum atomic E-state index is -0.912. The van der Waals surface area contributed by atoms with Gasteiger partial charge in [-0.05, 0) is 36.4 Å². The van der Waals surface area contributed by atoms with Gasteiger partial charge in [0.2, 0.25) is 0 Å². The number of carbonyl (C=O) groups is 3. The molecule has 30 heavy (non-hydrogen) atoms. The van der Waals surface area contributed by atoms with Crippen LogP contribution in [-0.2, 0) is 14.4 Å². The smallest absolute Gasteiger partial charge is 0.329 e. The van der Waals surface area contributed by atoms with Crippen LogP contribution in [0.2, 0.25) is 0 Å². The Morgan fingerprint density at radius 3 is 2.50 bits per heavy atom. The lowest BCUT2D eigenvalue weighted by Gasteiger charge is -2.10. The van der Waals surface area contributed by atoms with E-state index in [1.54, 1.807) is 55.6 Å². The molecule has 0 radical (unpaired) electrons. The van der Waals surface area contributed by atoms with E-state index in [1.807, 2.05) is 0 Å². The maximum atomic E-state index is 12.1. The van der Waals surface area contributed by atoms with Gasteiger partial charge in [-0.15, -0.1) is 6.58 Å². The summed E-state index contributed by atoms with van der Waals surface area (Å²) in [4.78, 5) is 35.2. The van der Waals surface area contributed by atoms with Crippen LogP contribution in [0.15, 0.2) is 66.3 Å². The Bertz CT molecular complexity index is 925. The van der Waals surface area contributed by atoms with Crippen molar-refractivity contribution >= 4 is 29.6 Å². The Morgan fingerprint density at radius 1 is 1.07 bits per heavy atom. The van der Waals surface area contributed by atoms with Gasteiger partial charge in [0.15, 0.2) is 6.61 Å². The van der Waals surface area contributed by atoms with Crippen LogP contribution < -0.4 is 25.5 Å². The lowest BCUT2D eigenvalue weighted by molar-refractivity contribution is -0.139. The summed E-state index contributed by atoms with van der Waals surface area (Å²) in [6.45, 7) is 3.38. The molecule has 0 atom stereocenters. The zero-order chi connectivity index (χ0) is 21.8. The van der Waals surface area contributed by atoms with E-state index in [2.05, 4.69) is 27.7 Å². The van der Waals surface area contributed by atoms with Crippen LogP contribution in [0, 0.1) is 0 Å². The summed E-state index contributed by atoms with van der Waals surface area (Å²) in [6.07, 6.45) is 2.77. The van der Waals surface area contributed by atoms with Gasteiger partial charge in [-0.1, -0.05) is 18.2 Å². The number of hydrogen-bond acceptors (Lipinski definition) is 6. The van der Waals surface area contributed by atoms with Crippen LogP contribution in [0.25, 0.3) is 0 Å². The highest BCUT2D eigenvalue weighted by Crippen LogP contribution is 2.17. The topological polar surface area (TPSA) is 118 Å². The van der Waals surface area contributed by atoms with Gasteiger partial charge in [0.25, 0.3) is 5.91 Å². The fourth-order valence-corrected chi connectivity index (χ4v) is 2.19. The molecule has 156 valence electrons. The summed E-state index contributed by atoms with van der Waals surface area (Å²) in [5.74, 6) is -1.02. The van der Waals surface area contributed by atoms with Crippen molar-refractivity contribution in [3.05, 3.63) is 66.7 Å². The summed E-state index contributed by atoms with van der Waals surface area (Å²) < 4.78 is 10.6. The van der Waals surface area contributed by atoms with Crippen molar-refractivity contribution in [2.45, 2.75) is 0 Å². The third kappa shape index (κ3) is 7.12. The van der Waals surface area contributed by atoms with E-state index in [-0.39, 0.29) is 19.1 Å². The van der Waals surface area contributed by atoms with E-state index >= 15 is 0 Å². The van der Waals surface area contributed by atoms with E-state index in [9.17, 15) is 14.4 Å². The monoisotopic (exact) mass is 410 g/mol. The van der Waals surface area contributed by atoms with Crippen molar-refractivity contribution in [3.8, 4) is 11.5 Å². The molecule has 0 saturated heterocycles. The summed E-state index contributed by atoms with van der Waals surface area (Å²) in [6, 6.07) is 13.7. The van der Waals surface area contributed by atoms with Crippen molar-refractivity contribution in [1.82, 2.24) is 10.7 Å². The first kappa shape index (κ1) is 22.2. The second kappa shape index (κ2) is 11.6. The standard InChI is InChI=1S/C21H22N4O5/c1-3-12-22-20(27)21(28)25-23-13-15-6-4-5-7-18(15)30-14-19(26)24-16-8-10-17(29-2)11-9-16/h3-11,13H,1,12,14H2,2H3,(H,22,27)(H,24,26)(H,25,28)/b23-13-. The van der Waals surface area contributed by atoms with Crippen molar-refractivity contribution in [2.75, 3.05) is 25.6 Å². The maximum absolute atomic E-state index is 12.1. The van der Waals surface area contributed by atoms with Crippen LogP contribution in [0.5, 0.6) is 11.5 Å². The molecule has 0 aliphatic rings. The highest BCUT2D eigenvalue weighted by molar-refractivity contribution is 6.35. The van der Waals surface area contributed by atoms with Crippen LogP contribution >= 0.6 is 0 Å². The molecule has 0 spiro atoms. The molecule has 0 aliphatic heterocycles. The first-order valence-corrected chi connectivity index (χ1v) is 8.91. The van der Waals surface area contributed by atoms with Crippen LogP contribution in [0.3, 0.4) is 0 Å². The number of anilines is 1. The van der Waals surface area contributed by atoms with E-state index in [1.165, 1.54) is 12.3 Å². The number of methoxy groups -OCH3 is 1. The van der Waals surface area contributed by atoms with Gasteiger partial charge in [-0.25, -0.2) is 5.43 Å². The minimum Gasteiger partial charge on any atom is -0.497 e. The van der Waals surface area contributed by atoms with Gasteiger partial charge >= 0.3 is 11.8 Å². The van der Waals surface area contributed by atoms with Gasteiger partial charge in [0.05, 0.1) is 13.3 Å². The second-order valence-electron chi connectivity index (χ2n) is 5.80. The number of benzene rings is 2. The Labute approximate surface area is 173 Å².